The Morgan fingerprint density at radius 1 is 1.39 bits per heavy atom. The van der Waals surface area contributed by atoms with Crippen molar-refractivity contribution in [2.24, 2.45) is 5.92 Å². The van der Waals surface area contributed by atoms with Gasteiger partial charge in [0, 0.05) is 17.3 Å². The maximum Gasteiger partial charge on any atom is 0.323 e. The number of carboxylic acid groups (broad SMARTS) is 1. The maximum atomic E-state index is 10.9. The molecule has 0 spiro atoms. The number of aliphatic carboxylic acids is 1. The SMILES string of the molecule is CCCC(C)CN(CC(=O)O)c1ccc(Cl)cc1. The summed E-state index contributed by atoms with van der Waals surface area (Å²) in [5.74, 6) is -0.335. The molecule has 0 aliphatic carbocycles. The lowest BCUT2D eigenvalue weighted by molar-refractivity contribution is -0.135. The predicted octanol–water partition coefficient (Wildman–Crippen LogP) is 3.67. The van der Waals surface area contributed by atoms with Crippen molar-refractivity contribution in [3.63, 3.8) is 0 Å². The fourth-order valence-corrected chi connectivity index (χ4v) is 2.16. The second-order valence-corrected chi connectivity index (χ2v) is 5.08. The van der Waals surface area contributed by atoms with Crippen LogP contribution in [-0.4, -0.2) is 24.2 Å². The minimum absolute atomic E-state index is 0.0235. The van der Waals surface area contributed by atoms with E-state index in [1.54, 1.807) is 12.1 Å². The van der Waals surface area contributed by atoms with Crippen molar-refractivity contribution in [3.8, 4) is 0 Å². The van der Waals surface area contributed by atoms with E-state index in [2.05, 4.69) is 13.8 Å². The highest BCUT2D eigenvalue weighted by molar-refractivity contribution is 6.30. The molecule has 3 nitrogen and oxygen atoms in total. The third-order valence-electron chi connectivity index (χ3n) is 2.83. The topological polar surface area (TPSA) is 40.5 Å². The number of benzene rings is 1. The van der Waals surface area contributed by atoms with Crippen LogP contribution in [0, 0.1) is 5.92 Å². The fraction of sp³-hybridized carbons (Fsp3) is 0.500. The average molecular weight is 270 g/mol. The normalized spacial score (nSPS) is 12.2. The third-order valence-corrected chi connectivity index (χ3v) is 3.08. The van der Waals surface area contributed by atoms with Crippen molar-refractivity contribution in [2.75, 3.05) is 18.0 Å². The summed E-state index contributed by atoms with van der Waals surface area (Å²) in [5, 5.41) is 9.64. The first-order chi connectivity index (χ1) is 8.52. The van der Waals surface area contributed by atoms with E-state index in [-0.39, 0.29) is 6.54 Å². The Hall–Kier alpha value is -1.22. The summed E-state index contributed by atoms with van der Waals surface area (Å²) in [6, 6.07) is 7.31. The van der Waals surface area contributed by atoms with Gasteiger partial charge in [-0.3, -0.25) is 4.79 Å². The quantitative estimate of drug-likeness (QED) is 0.821. The van der Waals surface area contributed by atoms with Crippen LogP contribution in [0.25, 0.3) is 0 Å². The molecule has 1 N–H and O–H groups in total. The molecule has 0 saturated carbocycles. The second-order valence-electron chi connectivity index (χ2n) is 4.64. The molecule has 0 aliphatic heterocycles. The zero-order chi connectivity index (χ0) is 13.5. The summed E-state index contributed by atoms with van der Waals surface area (Å²) < 4.78 is 0. The van der Waals surface area contributed by atoms with Gasteiger partial charge in [-0.1, -0.05) is 31.9 Å². The molecule has 100 valence electrons. The lowest BCUT2D eigenvalue weighted by Crippen LogP contribution is -2.33. The third kappa shape index (κ3) is 4.96. The van der Waals surface area contributed by atoms with Crippen LogP contribution in [0.1, 0.15) is 26.7 Å². The second kappa shape index (κ2) is 7.27. The van der Waals surface area contributed by atoms with E-state index in [0.29, 0.717) is 10.9 Å². The van der Waals surface area contributed by atoms with Gasteiger partial charge in [0.25, 0.3) is 0 Å². The molecule has 0 aliphatic rings. The number of halogens is 1. The summed E-state index contributed by atoms with van der Waals surface area (Å²) in [5.41, 5.74) is 0.907. The van der Waals surface area contributed by atoms with Crippen LogP contribution >= 0.6 is 11.6 Å². The van der Waals surface area contributed by atoms with Crippen LogP contribution in [0.2, 0.25) is 5.02 Å². The maximum absolute atomic E-state index is 10.9. The highest BCUT2D eigenvalue weighted by Gasteiger charge is 2.13. The van der Waals surface area contributed by atoms with E-state index in [1.807, 2.05) is 17.0 Å². The minimum atomic E-state index is -0.811. The van der Waals surface area contributed by atoms with E-state index in [9.17, 15) is 4.79 Å². The highest BCUT2D eigenvalue weighted by Crippen LogP contribution is 2.20. The van der Waals surface area contributed by atoms with Crippen LogP contribution in [0.4, 0.5) is 5.69 Å². The zero-order valence-electron chi connectivity index (χ0n) is 10.9. The minimum Gasteiger partial charge on any atom is -0.480 e. The Morgan fingerprint density at radius 3 is 2.50 bits per heavy atom. The molecule has 1 rings (SSSR count). The molecule has 0 saturated heterocycles. The molecule has 1 unspecified atom stereocenters. The van der Waals surface area contributed by atoms with Crippen LogP contribution in [0.5, 0.6) is 0 Å². The molecule has 0 fully saturated rings. The number of rotatable bonds is 7. The number of hydrogen-bond acceptors (Lipinski definition) is 2. The number of carboxylic acids is 1. The van der Waals surface area contributed by atoms with E-state index in [1.165, 1.54) is 0 Å². The standard InChI is InChI=1S/C14H20ClNO2/c1-3-4-11(2)9-16(10-14(17)18)13-7-5-12(15)6-8-13/h5-8,11H,3-4,9-10H2,1-2H3,(H,17,18). The van der Waals surface area contributed by atoms with Crippen molar-refractivity contribution < 1.29 is 9.90 Å². The van der Waals surface area contributed by atoms with Gasteiger partial charge in [-0.15, -0.1) is 0 Å². The van der Waals surface area contributed by atoms with E-state index < -0.39 is 5.97 Å². The molecule has 0 bridgehead atoms. The lowest BCUT2D eigenvalue weighted by Gasteiger charge is -2.26. The molecule has 1 aromatic rings. The van der Waals surface area contributed by atoms with Crippen molar-refractivity contribution >= 4 is 23.3 Å². The molecule has 0 aromatic heterocycles. The van der Waals surface area contributed by atoms with E-state index in [4.69, 9.17) is 16.7 Å². The summed E-state index contributed by atoms with van der Waals surface area (Å²) in [6.45, 7) is 5.06. The first-order valence-corrected chi connectivity index (χ1v) is 6.63. The van der Waals surface area contributed by atoms with Crippen molar-refractivity contribution in [2.45, 2.75) is 26.7 Å². The first-order valence-electron chi connectivity index (χ1n) is 6.25. The van der Waals surface area contributed by atoms with Gasteiger partial charge < -0.3 is 10.0 Å². The molecular weight excluding hydrogens is 250 g/mol. The van der Waals surface area contributed by atoms with Crippen molar-refractivity contribution in [3.05, 3.63) is 29.3 Å². The molecule has 1 aromatic carbocycles. The van der Waals surface area contributed by atoms with Gasteiger partial charge in [0.2, 0.25) is 0 Å². The average Bonchev–Trinajstić information content (AvgIpc) is 2.28. The Bertz CT molecular complexity index is 378. The Morgan fingerprint density at radius 2 is 2.00 bits per heavy atom. The largest absolute Gasteiger partial charge is 0.480 e. The summed E-state index contributed by atoms with van der Waals surface area (Å²) in [6.07, 6.45) is 2.21. The van der Waals surface area contributed by atoms with Gasteiger partial charge in [0.15, 0.2) is 0 Å². The summed E-state index contributed by atoms with van der Waals surface area (Å²) in [4.78, 5) is 12.8. The number of nitrogens with zero attached hydrogens (tertiary/aromatic N) is 1. The molecule has 1 atom stereocenters. The molecule has 0 heterocycles. The summed E-state index contributed by atoms with van der Waals surface area (Å²) >= 11 is 5.84. The van der Waals surface area contributed by atoms with Crippen molar-refractivity contribution in [1.82, 2.24) is 0 Å². The van der Waals surface area contributed by atoms with Gasteiger partial charge in [-0.05, 0) is 36.6 Å². The zero-order valence-corrected chi connectivity index (χ0v) is 11.7. The molecular formula is C14H20ClNO2. The predicted molar refractivity (Wildman–Crippen MR) is 75.4 cm³/mol. The number of anilines is 1. The van der Waals surface area contributed by atoms with Crippen LogP contribution in [0.3, 0.4) is 0 Å². The van der Waals surface area contributed by atoms with Crippen molar-refractivity contribution in [1.29, 1.82) is 0 Å². The van der Waals surface area contributed by atoms with Crippen LogP contribution in [0.15, 0.2) is 24.3 Å². The van der Waals surface area contributed by atoms with Gasteiger partial charge in [-0.2, -0.15) is 0 Å². The molecule has 4 heteroatoms. The van der Waals surface area contributed by atoms with Gasteiger partial charge in [0.05, 0.1) is 0 Å². The van der Waals surface area contributed by atoms with Crippen LogP contribution in [-0.2, 0) is 4.79 Å². The Kier molecular flexibility index (Phi) is 5.99. The summed E-state index contributed by atoms with van der Waals surface area (Å²) in [7, 11) is 0. The molecule has 0 amide bonds. The van der Waals surface area contributed by atoms with Gasteiger partial charge in [0.1, 0.15) is 6.54 Å². The monoisotopic (exact) mass is 269 g/mol. The lowest BCUT2D eigenvalue weighted by atomic mass is 10.1. The fourth-order valence-electron chi connectivity index (χ4n) is 2.04. The van der Waals surface area contributed by atoms with E-state index >= 15 is 0 Å². The number of hydrogen-bond donors (Lipinski definition) is 1. The number of carbonyl (C=O) groups is 1. The first kappa shape index (κ1) is 14.8. The highest BCUT2D eigenvalue weighted by atomic mass is 35.5. The Labute approximate surface area is 113 Å². The molecule has 18 heavy (non-hydrogen) atoms. The van der Waals surface area contributed by atoms with Gasteiger partial charge in [-0.25, -0.2) is 0 Å². The Balaban J connectivity index is 2.77. The molecule has 0 radical (unpaired) electrons. The smallest absolute Gasteiger partial charge is 0.323 e. The van der Waals surface area contributed by atoms with Crippen LogP contribution < -0.4 is 4.90 Å². The van der Waals surface area contributed by atoms with Gasteiger partial charge >= 0.3 is 5.97 Å². The van der Waals surface area contributed by atoms with E-state index in [0.717, 1.165) is 25.1 Å².